The minimum atomic E-state index is 0.874. The second-order valence-corrected chi connectivity index (χ2v) is 4.42. The summed E-state index contributed by atoms with van der Waals surface area (Å²) in [4.78, 5) is 0. The number of nitrogen functional groups attached to an aromatic ring is 1. The van der Waals surface area contributed by atoms with Gasteiger partial charge in [0.25, 0.3) is 0 Å². The summed E-state index contributed by atoms with van der Waals surface area (Å²) in [6.07, 6.45) is 5.15. The van der Waals surface area contributed by atoms with Crippen LogP contribution in [0.1, 0.15) is 44.7 Å². The van der Waals surface area contributed by atoms with Crippen molar-refractivity contribution in [2.24, 2.45) is 5.92 Å². The smallest absolute Gasteiger partial charge is 0.0316 e. The van der Waals surface area contributed by atoms with Gasteiger partial charge in [-0.25, -0.2) is 0 Å². The van der Waals surface area contributed by atoms with Crippen molar-refractivity contribution >= 4 is 5.69 Å². The minimum absolute atomic E-state index is 0.874. The molecule has 15 heavy (non-hydrogen) atoms. The lowest BCUT2D eigenvalue weighted by molar-refractivity contribution is 0.983. The molecule has 0 amide bonds. The summed E-state index contributed by atoms with van der Waals surface area (Å²) < 4.78 is 0. The number of aryl methyl sites for hydroxylation is 2. The van der Waals surface area contributed by atoms with Crippen molar-refractivity contribution in [3.05, 3.63) is 29.3 Å². The van der Waals surface area contributed by atoms with Crippen molar-refractivity contribution < 1.29 is 0 Å². The molecule has 0 radical (unpaired) electrons. The molecule has 1 saturated carbocycles. The summed E-state index contributed by atoms with van der Waals surface area (Å²) in [7, 11) is 0. The fourth-order valence-electron chi connectivity index (χ4n) is 1.49. The summed E-state index contributed by atoms with van der Waals surface area (Å²) >= 11 is 0. The Bertz CT molecular complexity index is 300. The Kier molecular flexibility index (Phi) is 4.67. The van der Waals surface area contributed by atoms with Gasteiger partial charge in [0.15, 0.2) is 0 Å². The van der Waals surface area contributed by atoms with Crippen molar-refractivity contribution in [3.8, 4) is 0 Å². The Hall–Kier alpha value is -0.980. The van der Waals surface area contributed by atoms with Crippen molar-refractivity contribution in [1.82, 2.24) is 0 Å². The molecule has 1 aromatic rings. The third kappa shape index (κ3) is 4.37. The summed E-state index contributed by atoms with van der Waals surface area (Å²) in [5.74, 6) is 1.08. The van der Waals surface area contributed by atoms with E-state index in [0.29, 0.717) is 0 Å². The highest BCUT2D eigenvalue weighted by molar-refractivity contribution is 5.44. The van der Waals surface area contributed by atoms with E-state index in [2.05, 4.69) is 32.9 Å². The van der Waals surface area contributed by atoms with Gasteiger partial charge < -0.3 is 5.73 Å². The second-order valence-electron chi connectivity index (χ2n) is 4.42. The summed E-state index contributed by atoms with van der Waals surface area (Å²) in [5, 5.41) is 0. The van der Waals surface area contributed by atoms with E-state index in [1.54, 1.807) is 0 Å². The Morgan fingerprint density at radius 1 is 1.13 bits per heavy atom. The van der Waals surface area contributed by atoms with Crippen molar-refractivity contribution in [2.75, 3.05) is 5.73 Å². The third-order valence-electron chi connectivity index (χ3n) is 2.86. The largest absolute Gasteiger partial charge is 0.399 e. The maximum absolute atomic E-state index is 5.66. The Morgan fingerprint density at radius 3 is 2.07 bits per heavy atom. The van der Waals surface area contributed by atoms with Gasteiger partial charge in [0, 0.05) is 5.69 Å². The first kappa shape index (κ1) is 12.1. The van der Waals surface area contributed by atoms with Crippen LogP contribution in [0.2, 0.25) is 0 Å². The number of anilines is 1. The van der Waals surface area contributed by atoms with Gasteiger partial charge >= 0.3 is 0 Å². The van der Waals surface area contributed by atoms with Gasteiger partial charge in [-0.1, -0.05) is 39.7 Å². The van der Waals surface area contributed by atoms with Crippen LogP contribution in [0.25, 0.3) is 0 Å². The molecule has 84 valence electrons. The molecule has 1 fully saturated rings. The molecule has 0 aliphatic heterocycles. The summed E-state index contributed by atoms with van der Waals surface area (Å²) in [6.45, 7) is 6.61. The highest BCUT2D eigenvalue weighted by Gasteiger charge is 2.12. The second kappa shape index (κ2) is 5.79. The van der Waals surface area contributed by atoms with Crippen LogP contribution in [-0.2, 0) is 12.8 Å². The van der Waals surface area contributed by atoms with E-state index in [4.69, 9.17) is 5.73 Å². The Balaban J connectivity index is 0.000000234. The van der Waals surface area contributed by atoms with Gasteiger partial charge in [-0.15, -0.1) is 0 Å². The molecule has 2 N–H and O–H groups in total. The van der Waals surface area contributed by atoms with Crippen LogP contribution >= 0.6 is 0 Å². The first-order valence-corrected chi connectivity index (χ1v) is 6.04. The highest BCUT2D eigenvalue weighted by atomic mass is 14.5. The fraction of sp³-hybridized carbons (Fsp3) is 0.571. The Labute approximate surface area is 93.7 Å². The fourth-order valence-corrected chi connectivity index (χ4v) is 1.49. The van der Waals surface area contributed by atoms with E-state index >= 15 is 0 Å². The Morgan fingerprint density at radius 2 is 1.67 bits per heavy atom. The average molecular weight is 205 g/mol. The summed E-state index contributed by atoms with van der Waals surface area (Å²) in [6, 6.07) is 6.16. The molecular formula is C14H23N. The molecule has 0 spiro atoms. The van der Waals surface area contributed by atoms with Gasteiger partial charge in [0.05, 0.1) is 0 Å². The molecule has 1 aliphatic carbocycles. The van der Waals surface area contributed by atoms with E-state index in [9.17, 15) is 0 Å². The van der Waals surface area contributed by atoms with Crippen molar-refractivity contribution in [1.29, 1.82) is 0 Å². The first-order valence-electron chi connectivity index (χ1n) is 6.04. The summed E-state index contributed by atoms with van der Waals surface area (Å²) in [5.41, 5.74) is 9.33. The van der Waals surface area contributed by atoms with Crippen LogP contribution in [0.15, 0.2) is 18.2 Å². The minimum Gasteiger partial charge on any atom is -0.399 e. The predicted octanol–water partition coefficient (Wildman–Crippen LogP) is 3.81. The standard InChI is InChI=1S/C10H15N.C4H8/c1-3-8-5-6-10(11)7-9(8)4-2;1-4-2-3-4/h5-7H,3-4,11H2,1-2H3;4H,2-3H2,1H3. The lowest BCUT2D eigenvalue weighted by atomic mass is 10.0. The monoisotopic (exact) mass is 205 g/mol. The predicted molar refractivity (Wildman–Crippen MR) is 68.0 cm³/mol. The van der Waals surface area contributed by atoms with Gasteiger partial charge in [-0.2, -0.15) is 0 Å². The number of hydrogen-bond donors (Lipinski definition) is 1. The van der Waals surface area contributed by atoms with E-state index < -0.39 is 0 Å². The lowest BCUT2D eigenvalue weighted by Crippen LogP contribution is -1.93. The zero-order valence-electron chi connectivity index (χ0n) is 10.2. The van der Waals surface area contributed by atoms with Crippen LogP contribution in [0.4, 0.5) is 5.69 Å². The maximum Gasteiger partial charge on any atom is 0.0316 e. The zero-order chi connectivity index (χ0) is 11.3. The number of benzene rings is 1. The SMILES string of the molecule is CC1CC1.CCc1ccc(N)cc1CC. The molecule has 0 atom stereocenters. The number of rotatable bonds is 2. The third-order valence-corrected chi connectivity index (χ3v) is 2.86. The van der Waals surface area contributed by atoms with Crippen LogP contribution in [0.5, 0.6) is 0 Å². The average Bonchev–Trinajstić information content (AvgIpc) is 3.01. The topological polar surface area (TPSA) is 26.0 Å². The van der Waals surface area contributed by atoms with Crippen LogP contribution in [0.3, 0.4) is 0 Å². The van der Waals surface area contributed by atoms with Crippen molar-refractivity contribution in [2.45, 2.75) is 46.5 Å². The molecule has 0 saturated heterocycles. The van der Waals surface area contributed by atoms with Gasteiger partial charge in [-0.3, -0.25) is 0 Å². The maximum atomic E-state index is 5.66. The van der Waals surface area contributed by atoms with Gasteiger partial charge in [-0.05, 0) is 42.0 Å². The number of nitrogens with two attached hydrogens (primary N) is 1. The van der Waals surface area contributed by atoms with E-state index in [1.807, 2.05) is 6.07 Å². The molecule has 0 unspecified atom stereocenters. The van der Waals surface area contributed by atoms with E-state index in [0.717, 1.165) is 24.4 Å². The van der Waals surface area contributed by atoms with Gasteiger partial charge in [0.1, 0.15) is 0 Å². The molecule has 0 bridgehead atoms. The highest BCUT2D eigenvalue weighted by Crippen LogP contribution is 2.26. The van der Waals surface area contributed by atoms with Crippen LogP contribution in [-0.4, -0.2) is 0 Å². The number of hydrogen-bond acceptors (Lipinski definition) is 1. The molecule has 0 heterocycles. The molecule has 1 nitrogen and oxygen atoms in total. The van der Waals surface area contributed by atoms with E-state index in [-0.39, 0.29) is 0 Å². The zero-order valence-corrected chi connectivity index (χ0v) is 10.2. The lowest BCUT2D eigenvalue weighted by Gasteiger charge is -2.05. The van der Waals surface area contributed by atoms with Crippen molar-refractivity contribution in [3.63, 3.8) is 0 Å². The molecule has 1 aliphatic rings. The van der Waals surface area contributed by atoms with Crippen LogP contribution < -0.4 is 5.73 Å². The molecule has 0 aromatic heterocycles. The molecule has 1 heteroatoms. The molecule has 1 aromatic carbocycles. The quantitative estimate of drug-likeness (QED) is 0.730. The van der Waals surface area contributed by atoms with Gasteiger partial charge in [0.2, 0.25) is 0 Å². The molecule has 2 rings (SSSR count). The molecular weight excluding hydrogens is 182 g/mol. The van der Waals surface area contributed by atoms with E-state index in [1.165, 1.54) is 24.0 Å². The normalized spacial score (nSPS) is 14.3. The first-order chi connectivity index (χ1) is 7.17. The van der Waals surface area contributed by atoms with Crippen LogP contribution in [0, 0.1) is 5.92 Å².